The Balaban J connectivity index is 1.95. The van der Waals surface area contributed by atoms with Gasteiger partial charge in [0.1, 0.15) is 17.0 Å². The number of nitrogen functional groups attached to an aromatic ring is 1. The predicted octanol–water partition coefficient (Wildman–Crippen LogP) is 4.10. The summed E-state index contributed by atoms with van der Waals surface area (Å²) in [5, 5.41) is 0.883. The largest absolute Gasteiger partial charge is 0.383 e. The van der Waals surface area contributed by atoms with Crippen molar-refractivity contribution in [2.24, 2.45) is 7.05 Å². The van der Waals surface area contributed by atoms with Crippen LogP contribution in [0.3, 0.4) is 0 Å². The van der Waals surface area contributed by atoms with Gasteiger partial charge in [-0.05, 0) is 18.2 Å². The molecule has 3 heterocycles. The molecule has 0 radical (unpaired) electrons. The molecular weight excluding hydrogens is 374 g/mol. The number of halogens is 1. The molecule has 23 heavy (non-hydrogen) atoms. The van der Waals surface area contributed by atoms with E-state index in [1.54, 1.807) is 11.3 Å². The third-order valence-corrected chi connectivity index (χ3v) is 5.17. The Bertz CT molecular complexity index is 1020. The van der Waals surface area contributed by atoms with Crippen molar-refractivity contribution in [3.8, 4) is 21.8 Å². The molecular formula is C16H12BrN5S. The Morgan fingerprint density at radius 1 is 1.17 bits per heavy atom. The zero-order chi connectivity index (χ0) is 16.0. The molecule has 0 saturated carbocycles. The molecule has 0 saturated heterocycles. The highest BCUT2D eigenvalue weighted by molar-refractivity contribution is 9.10. The van der Waals surface area contributed by atoms with E-state index in [2.05, 4.69) is 43.0 Å². The van der Waals surface area contributed by atoms with E-state index in [1.165, 1.54) is 6.33 Å². The highest BCUT2D eigenvalue weighted by Gasteiger charge is 2.17. The molecule has 3 aromatic heterocycles. The maximum absolute atomic E-state index is 5.96. The van der Waals surface area contributed by atoms with E-state index >= 15 is 0 Å². The number of thiophene rings is 1. The van der Waals surface area contributed by atoms with Crippen LogP contribution in [0.5, 0.6) is 0 Å². The van der Waals surface area contributed by atoms with Gasteiger partial charge in [-0.25, -0.2) is 15.0 Å². The number of aromatic nitrogens is 4. The summed E-state index contributed by atoms with van der Waals surface area (Å²) in [5.41, 5.74) is 9.00. The number of rotatable bonds is 2. The van der Waals surface area contributed by atoms with Gasteiger partial charge in [-0.3, -0.25) is 0 Å². The van der Waals surface area contributed by atoms with Gasteiger partial charge in [0.25, 0.3) is 0 Å². The molecule has 0 amide bonds. The van der Waals surface area contributed by atoms with Crippen molar-refractivity contribution in [1.29, 1.82) is 0 Å². The number of nitrogens with two attached hydrogens (primary N) is 1. The van der Waals surface area contributed by atoms with Crippen molar-refractivity contribution in [2.45, 2.75) is 0 Å². The van der Waals surface area contributed by atoms with Gasteiger partial charge in [0.2, 0.25) is 0 Å². The third-order valence-electron chi connectivity index (χ3n) is 3.63. The van der Waals surface area contributed by atoms with E-state index < -0.39 is 0 Å². The Morgan fingerprint density at radius 2 is 2.04 bits per heavy atom. The summed E-state index contributed by atoms with van der Waals surface area (Å²) in [5.74, 6) is 0.503. The molecule has 0 aliphatic rings. The van der Waals surface area contributed by atoms with E-state index in [1.807, 2.05) is 36.1 Å². The summed E-state index contributed by atoms with van der Waals surface area (Å²) in [6.07, 6.45) is 3.32. The highest BCUT2D eigenvalue weighted by atomic mass is 79.9. The summed E-state index contributed by atoms with van der Waals surface area (Å²) in [6.45, 7) is 0. The summed E-state index contributed by atoms with van der Waals surface area (Å²) < 4.78 is 3.04. The number of imidazole rings is 1. The predicted molar refractivity (Wildman–Crippen MR) is 97.2 cm³/mol. The first-order valence-corrected chi connectivity index (χ1v) is 8.52. The number of nitrogens with zero attached hydrogens (tertiary/aromatic N) is 4. The highest BCUT2D eigenvalue weighted by Crippen LogP contribution is 2.38. The second kappa shape index (κ2) is 5.43. The first-order chi connectivity index (χ1) is 11.1. The maximum atomic E-state index is 5.96. The molecule has 0 aliphatic carbocycles. The zero-order valence-corrected chi connectivity index (χ0v) is 14.6. The molecule has 7 heteroatoms. The lowest BCUT2D eigenvalue weighted by Crippen LogP contribution is -1.90. The minimum atomic E-state index is 0.503. The zero-order valence-electron chi connectivity index (χ0n) is 12.2. The molecule has 0 unspecified atom stereocenters. The van der Waals surface area contributed by atoms with E-state index in [0.29, 0.717) is 5.82 Å². The molecule has 0 spiro atoms. The van der Waals surface area contributed by atoms with Crippen molar-refractivity contribution < 1.29 is 0 Å². The SMILES string of the molecule is Cn1cnc(-c2cccc(Br)c2)c1-c1cc2c(N)ncnc2s1. The van der Waals surface area contributed by atoms with Gasteiger partial charge in [0, 0.05) is 17.1 Å². The Hall–Kier alpha value is -2.25. The van der Waals surface area contributed by atoms with Crippen LogP contribution in [0.1, 0.15) is 0 Å². The lowest BCUT2D eigenvalue weighted by molar-refractivity contribution is 0.923. The molecule has 0 aliphatic heterocycles. The number of fused-ring (bicyclic) bond motifs is 1. The summed E-state index contributed by atoms with van der Waals surface area (Å²) >= 11 is 5.11. The van der Waals surface area contributed by atoms with Crippen molar-refractivity contribution >= 4 is 43.3 Å². The van der Waals surface area contributed by atoms with Crippen LogP contribution in [0.2, 0.25) is 0 Å². The summed E-state index contributed by atoms with van der Waals surface area (Å²) in [6, 6.07) is 10.2. The minimum absolute atomic E-state index is 0.503. The first kappa shape index (κ1) is 14.3. The van der Waals surface area contributed by atoms with Crippen LogP contribution in [-0.4, -0.2) is 19.5 Å². The second-order valence-corrected chi connectivity index (χ2v) is 7.10. The number of anilines is 1. The summed E-state index contributed by atoms with van der Waals surface area (Å²) in [4.78, 5) is 14.9. The third kappa shape index (κ3) is 2.42. The van der Waals surface area contributed by atoms with E-state index in [4.69, 9.17) is 5.73 Å². The molecule has 4 aromatic rings. The van der Waals surface area contributed by atoms with Gasteiger partial charge in [0.05, 0.1) is 28.0 Å². The molecule has 114 valence electrons. The van der Waals surface area contributed by atoms with Crippen LogP contribution in [0, 0.1) is 0 Å². The Kier molecular flexibility index (Phi) is 3.39. The fraction of sp³-hybridized carbons (Fsp3) is 0.0625. The van der Waals surface area contributed by atoms with E-state index in [9.17, 15) is 0 Å². The van der Waals surface area contributed by atoms with E-state index in [0.717, 1.165) is 36.5 Å². The fourth-order valence-corrected chi connectivity index (χ4v) is 4.05. The van der Waals surface area contributed by atoms with Gasteiger partial charge < -0.3 is 10.3 Å². The summed E-state index contributed by atoms with van der Waals surface area (Å²) in [7, 11) is 1.99. The van der Waals surface area contributed by atoms with Crippen LogP contribution in [0.4, 0.5) is 5.82 Å². The number of benzene rings is 1. The van der Waals surface area contributed by atoms with Crippen LogP contribution >= 0.6 is 27.3 Å². The van der Waals surface area contributed by atoms with Crippen molar-refractivity contribution in [2.75, 3.05) is 5.73 Å². The van der Waals surface area contributed by atoms with Crippen LogP contribution in [0.15, 0.2) is 47.5 Å². The van der Waals surface area contributed by atoms with Gasteiger partial charge in [-0.15, -0.1) is 11.3 Å². The van der Waals surface area contributed by atoms with Crippen molar-refractivity contribution in [3.63, 3.8) is 0 Å². The topological polar surface area (TPSA) is 69.6 Å². The van der Waals surface area contributed by atoms with Gasteiger partial charge in [0.15, 0.2) is 0 Å². The Morgan fingerprint density at radius 3 is 2.83 bits per heavy atom. The van der Waals surface area contributed by atoms with Crippen molar-refractivity contribution in [1.82, 2.24) is 19.5 Å². The molecule has 0 fully saturated rings. The average molecular weight is 386 g/mol. The van der Waals surface area contributed by atoms with Gasteiger partial charge >= 0.3 is 0 Å². The monoisotopic (exact) mass is 385 g/mol. The molecule has 4 rings (SSSR count). The first-order valence-electron chi connectivity index (χ1n) is 6.91. The average Bonchev–Trinajstić information content (AvgIpc) is 3.11. The lowest BCUT2D eigenvalue weighted by atomic mass is 10.1. The van der Waals surface area contributed by atoms with E-state index in [-0.39, 0.29) is 0 Å². The smallest absolute Gasteiger partial charge is 0.135 e. The maximum Gasteiger partial charge on any atom is 0.135 e. The molecule has 0 bridgehead atoms. The normalized spacial score (nSPS) is 11.2. The second-order valence-electron chi connectivity index (χ2n) is 5.15. The molecule has 0 atom stereocenters. The number of hydrogen-bond acceptors (Lipinski definition) is 5. The number of aryl methyl sites for hydroxylation is 1. The number of hydrogen-bond donors (Lipinski definition) is 1. The molecule has 2 N–H and O–H groups in total. The Labute approximate surface area is 145 Å². The standard InChI is InChI=1S/C16H12BrN5S/c1-22-8-21-13(9-3-2-4-10(17)5-9)14(22)12-6-11-15(18)19-7-20-16(11)23-12/h2-8H,1H3,(H2,18,19,20). The van der Waals surface area contributed by atoms with Gasteiger partial charge in [-0.2, -0.15) is 0 Å². The van der Waals surface area contributed by atoms with Crippen LogP contribution in [0.25, 0.3) is 32.0 Å². The lowest BCUT2D eigenvalue weighted by Gasteiger charge is -2.04. The molecule has 5 nitrogen and oxygen atoms in total. The van der Waals surface area contributed by atoms with Gasteiger partial charge in [-0.1, -0.05) is 28.1 Å². The van der Waals surface area contributed by atoms with Crippen molar-refractivity contribution in [3.05, 3.63) is 47.5 Å². The molecule has 1 aromatic carbocycles. The minimum Gasteiger partial charge on any atom is -0.383 e. The van der Waals surface area contributed by atoms with Crippen LogP contribution in [-0.2, 0) is 7.05 Å². The quantitative estimate of drug-likeness (QED) is 0.563. The fourth-order valence-electron chi connectivity index (χ4n) is 2.56. The van der Waals surface area contributed by atoms with Crippen LogP contribution < -0.4 is 5.73 Å².